The molecular weight excluding hydrogens is 202 g/mol. The van der Waals surface area contributed by atoms with Crippen LogP contribution in [-0.2, 0) is 6.54 Å². The third-order valence-electron chi connectivity index (χ3n) is 1.81. The molecule has 0 spiro atoms. The fourth-order valence-electron chi connectivity index (χ4n) is 1.11. The third kappa shape index (κ3) is 1.47. The van der Waals surface area contributed by atoms with Crippen LogP contribution in [0.2, 0.25) is 5.02 Å². The highest BCUT2D eigenvalue weighted by atomic mass is 35.5. The Morgan fingerprint density at radius 3 is 3.00 bits per heavy atom. The fourth-order valence-corrected chi connectivity index (χ4v) is 1.38. The van der Waals surface area contributed by atoms with Gasteiger partial charge >= 0.3 is 0 Å². The minimum Gasteiger partial charge on any atom is -0.326 e. The first-order valence-electron chi connectivity index (χ1n) is 4.01. The number of pyridine rings is 1. The second kappa shape index (κ2) is 3.73. The number of hydrogen-bond acceptors (Lipinski definition) is 4. The topological polar surface area (TPSA) is 69.6 Å². The van der Waals surface area contributed by atoms with Crippen molar-refractivity contribution in [2.45, 2.75) is 6.54 Å². The predicted octanol–water partition coefficient (Wildman–Crippen LogP) is 0.774. The van der Waals surface area contributed by atoms with E-state index in [0.29, 0.717) is 17.4 Å². The molecule has 0 saturated heterocycles. The second-order valence-electron chi connectivity index (χ2n) is 2.65. The van der Waals surface area contributed by atoms with Crippen LogP contribution in [-0.4, -0.2) is 19.7 Å². The summed E-state index contributed by atoms with van der Waals surface area (Å²) in [5.41, 5.74) is 6.36. The van der Waals surface area contributed by atoms with Gasteiger partial charge in [-0.05, 0) is 11.6 Å². The smallest absolute Gasteiger partial charge is 0.174 e. The monoisotopic (exact) mass is 209 g/mol. The number of aromatic nitrogens is 4. The van der Waals surface area contributed by atoms with Gasteiger partial charge in [0.2, 0.25) is 0 Å². The standard InChI is InChI=1S/C8H8ClN5/c9-7-6(3-10)1-2-12-8(7)14-5-11-4-13-14/h1-2,4-5H,3,10H2. The minimum absolute atomic E-state index is 0.378. The van der Waals surface area contributed by atoms with Crippen LogP contribution < -0.4 is 5.73 Å². The maximum absolute atomic E-state index is 6.07. The average molecular weight is 210 g/mol. The van der Waals surface area contributed by atoms with Gasteiger partial charge in [0.1, 0.15) is 12.7 Å². The van der Waals surface area contributed by atoms with E-state index in [2.05, 4.69) is 15.1 Å². The van der Waals surface area contributed by atoms with Crippen LogP contribution in [0, 0.1) is 0 Å². The Labute approximate surface area is 85.5 Å². The molecule has 14 heavy (non-hydrogen) atoms. The number of halogens is 1. The summed E-state index contributed by atoms with van der Waals surface area (Å²) in [6.07, 6.45) is 4.60. The summed E-state index contributed by atoms with van der Waals surface area (Å²) in [6, 6.07) is 1.78. The summed E-state index contributed by atoms with van der Waals surface area (Å²) in [6.45, 7) is 0.378. The molecule has 0 fully saturated rings. The molecule has 2 rings (SSSR count). The van der Waals surface area contributed by atoms with E-state index in [1.807, 2.05) is 0 Å². The number of nitrogens with zero attached hydrogens (tertiary/aromatic N) is 4. The average Bonchev–Trinajstić information content (AvgIpc) is 2.71. The van der Waals surface area contributed by atoms with Crippen LogP contribution >= 0.6 is 11.6 Å². The van der Waals surface area contributed by atoms with Crippen molar-refractivity contribution in [2.75, 3.05) is 0 Å². The quantitative estimate of drug-likeness (QED) is 0.794. The molecule has 2 aromatic rings. The summed E-state index contributed by atoms with van der Waals surface area (Å²) in [7, 11) is 0. The first kappa shape index (κ1) is 9.11. The van der Waals surface area contributed by atoms with Crippen molar-refractivity contribution in [1.82, 2.24) is 19.7 Å². The Morgan fingerprint density at radius 2 is 2.36 bits per heavy atom. The Balaban J connectivity index is 2.54. The number of nitrogens with two attached hydrogens (primary N) is 1. The molecule has 0 amide bonds. The van der Waals surface area contributed by atoms with Crippen molar-refractivity contribution < 1.29 is 0 Å². The molecular formula is C8H8ClN5. The van der Waals surface area contributed by atoms with E-state index in [4.69, 9.17) is 17.3 Å². The lowest BCUT2D eigenvalue weighted by atomic mass is 10.2. The first-order chi connectivity index (χ1) is 6.83. The Bertz CT molecular complexity index is 425. The lowest BCUT2D eigenvalue weighted by Crippen LogP contribution is -2.04. The first-order valence-corrected chi connectivity index (χ1v) is 4.39. The van der Waals surface area contributed by atoms with Crippen molar-refractivity contribution in [1.29, 1.82) is 0 Å². The lowest BCUT2D eigenvalue weighted by molar-refractivity contribution is 0.840. The van der Waals surface area contributed by atoms with Gasteiger partial charge in [0.15, 0.2) is 5.82 Å². The van der Waals surface area contributed by atoms with E-state index in [1.165, 1.54) is 17.3 Å². The van der Waals surface area contributed by atoms with E-state index in [-0.39, 0.29) is 0 Å². The van der Waals surface area contributed by atoms with Crippen molar-refractivity contribution in [2.24, 2.45) is 5.73 Å². The third-order valence-corrected chi connectivity index (χ3v) is 2.22. The molecule has 0 aliphatic carbocycles. The minimum atomic E-state index is 0.378. The molecule has 0 atom stereocenters. The van der Waals surface area contributed by atoms with Crippen LogP contribution in [0.25, 0.3) is 5.82 Å². The maximum atomic E-state index is 6.07. The zero-order valence-corrected chi connectivity index (χ0v) is 8.02. The molecule has 2 heterocycles. The molecule has 5 nitrogen and oxygen atoms in total. The summed E-state index contributed by atoms with van der Waals surface area (Å²) in [5, 5.41) is 4.45. The lowest BCUT2D eigenvalue weighted by Gasteiger charge is -2.05. The molecule has 0 aliphatic heterocycles. The predicted molar refractivity (Wildman–Crippen MR) is 52.1 cm³/mol. The van der Waals surface area contributed by atoms with Crippen LogP contribution in [0.5, 0.6) is 0 Å². The normalized spacial score (nSPS) is 10.4. The molecule has 0 saturated carbocycles. The molecule has 0 aromatic carbocycles. The van der Waals surface area contributed by atoms with Crippen LogP contribution in [0.3, 0.4) is 0 Å². The molecule has 6 heteroatoms. The zero-order chi connectivity index (χ0) is 9.97. The van der Waals surface area contributed by atoms with Crippen LogP contribution in [0.4, 0.5) is 0 Å². The highest BCUT2D eigenvalue weighted by Crippen LogP contribution is 2.20. The molecule has 72 valence electrons. The highest BCUT2D eigenvalue weighted by Gasteiger charge is 2.08. The van der Waals surface area contributed by atoms with Gasteiger partial charge in [-0.3, -0.25) is 0 Å². The van der Waals surface area contributed by atoms with Crippen LogP contribution in [0.15, 0.2) is 24.9 Å². The van der Waals surface area contributed by atoms with E-state index >= 15 is 0 Å². The van der Waals surface area contributed by atoms with Crippen molar-refractivity contribution in [3.05, 3.63) is 35.5 Å². The van der Waals surface area contributed by atoms with Gasteiger partial charge in [-0.1, -0.05) is 11.6 Å². The Kier molecular flexibility index (Phi) is 2.43. The van der Waals surface area contributed by atoms with Gasteiger partial charge < -0.3 is 5.73 Å². The number of rotatable bonds is 2. The van der Waals surface area contributed by atoms with Crippen molar-refractivity contribution >= 4 is 11.6 Å². The summed E-state index contributed by atoms with van der Waals surface area (Å²) in [5.74, 6) is 0.548. The summed E-state index contributed by atoms with van der Waals surface area (Å²) < 4.78 is 1.50. The summed E-state index contributed by atoms with van der Waals surface area (Å²) in [4.78, 5) is 7.92. The van der Waals surface area contributed by atoms with E-state index in [1.54, 1.807) is 12.3 Å². The largest absolute Gasteiger partial charge is 0.326 e. The van der Waals surface area contributed by atoms with E-state index < -0.39 is 0 Å². The SMILES string of the molecule is NCc1ccnc(-n2cncn2)c1Cl. The van der Waals surface area contributed by atoms with Gasteiger partial charge in [0.05, 0.1) is 5.02 Å². The maximum Gasteiger partial charge on any atom is 0.174 e. The number of hydrogen-bond donors (Lipinski definition) is 1. The molecule has 2 N–H and O–H groups in total. The fraction of sp³-hybridized carbons (Fsp3) is 0.125. The van der Waals surface area contributed by atoms with E-state index in [9.17, 15) is 0 Å². The summed E-state index contributed by atoms with van der Waals surface area (Å²) >= 11 is 6.07. The zero-order valence-electron chi connectivity index (χ0n) is 7.26. The van der Waals surface area contributed by atoms with Gasteiger partial charge in [0.25, 0.3) is 0 Å². The van der Waals surface area contributed by atoms with E-state index in [0.717, 1.165) is 5.56 Å². The van der Waals surface area contributed by atoms with Gasteiger partial charge in [-0.25, -0.2) is 14.6 Å². The molecule has 0 unspecified atom stereocenters. The van der Waals surface area contributed by atoms with Gasteiger partial charge in [-0.2, -0.15) is 5.10 Å². The molecule has 0 bridgehead atoms. The molecule has 0 aliphatic rings. The van der Waals surface area contributed by atoms with Gasteiger partial charge in [0, 0.05) is 12.7 Å². The van der Waals surface area contributed by atoms with Crippen molar-refractivity contribution in [3.63, 3.8) is 0 Å². The van der Waals surface area contributed by atoms with Gasteiger partial charge in [-0.15, -0.1) is 0 Å². The molecule has 2 aromatic heterocycles. The van der Waals surface area contributed by atoms with Crippen molar-refractivity contribution in [3.8, 4) is 5.82 Å². The second-order valence-corrected chi connectivity index (χ2v) is 3.03. The highest BCUT2D eigenvalue weighted by molar-refractivity contribution is 6.32. The molecule has 0 radical (unpaired) electrons. The Morgan fingerprint density at radius 1 is 1.50 bits per heavy atom. The Hall–Kier alpha value is -1.46. The van der Waals surface area contributed by atoms with Crippen LogP contribution in [0.1, 0.15) is 5.56 Å².